The van der Waals surface area contributed by atoms with Crippen LogP contribution in [-0.4, -0.2) is 53.2 Å². The number of anilines is 1. The molecule has 0 saturated carbocycles. The minimum absolute atomic E-state index is 0.0616. The number of likely N-dealkylation sites (tertiary alicyclic amines) is 1. The highest BCUT2D eigenvalue weighted by molar-refractivity contribution is 5.96. The molecule has 1 saturated heterocycles. The third kappa shape index (κ3) is 4.75. The zero-order chi connectivity index (χ0) is 24.2. The number of hydrogen-bond donors (Lipinski definition) is 0. The molecule has 0 radical (unpaired) electrons. The summed E-state index contributed by atoms with van der Waals surface area (Å²) in [7, 11) is 1.69. The number of carbonyl (C=O) groups is 1. The Morgan fingerprint density at radius 2 is 1.85 bits per heavy atom. The van der Waals surface area contributed by atoms with Gasteiger partial charge >= 0.3 is 0 Å². The van der Waals surface area contributed by atoms with Crippen LogP contribution in [0.3, 0.4) is 0 Å². The largest absolute Gasteiger partial charge is 0.383 e. The molecular formula is C28H38N4O2. The van der Waals surface area contributed by atoms with Crippen molar-refractivity contribution in [1.29, 1.82) is 0 Å². The Kier molecular flexibility index (Phi) is 7.69. The Balaban J connectivity index is 1.76. The van der Waals surface area contributed by atoms with Crippen LogP contribution in [0.15, 0.2) is 42.5 Å². The summed E-state index contributed by atoms with van der Waals surface area (Å²) in [6.45, 7) is 11.4. The van der Waals surface area contributed by atoms with E-state index in [0.29, 0.717) is 6.61 Å². The van der Waals surface area contributed by atoms with Gasteiger partial charge in [0.1, 0.15) is 12.4 Å². The first-order valence-electron chi connectivity index (χ1n) is 12.5. The van der Waals surface area contributed by atoms with Gasteiger partial charge in [-0.15, -0.1) is 0 Å². The molecule has 1 aliphatic rings. The third-order valence-corrected chi connectivity index (χ3v) is 7.10. The number of nitrogens with zero attached hydrogens (tertiary/aromatic N) is 4. The summed E-state index contributed by atoms with van der Waals surface area (Å²) in [6.07, 6.45) is 3.31. The molecule has 2 atom stereocenters. The average molecular weight is 463 g/mol. The van der Waals surface area contributed by atoms with Crippen molar-refractivity contribution in [2.45, 2.75) is 65.6 Å². The molecule has 0 bridgehead atoms. The van der Waals surface area contributed by atoms with Crippen molar-refractivity contribution < 1.29 is 9.53 Å². The van der Waals surface area contributed by atoms with Crippen LogP contribution in [0.25, 0.3) is 11.0 Å². The van der Waals surface area contributed by atoms with E-state index in [-0.39, 0.29) is 24.5 Å². The first-order valence-corrected chi connectivity index (χ1v) is 12.5. The Hall–Kier alpha value is -2.70. The van der Waals surface area contributed by atoms with E-state index in [9.17, 15) is 4.79 Å². The third-order valence-electron chi connectivity index (χ3n) is 7.10. The van der Waals surface area contributed by atoms with Gasteiger partial charge in [-0.25, -0.2) is 4.98 Å². The lowest BCUT2D eigenvalue weighted by atomic mass is 10.0. The first kappa shape index (κ1) is 24.4. The summed E-state index contributed by atoms with van der Waals surface area (Å²) in [5.74, 6) is 1.03. The second-order valence-electron chi connectivity index (χ2n) is 9.47. The van der Waals surface area contributed by atoms with Gasteiger partial charge in [0.25, 0.3) is 0 Å². The van der Waals surface area contributed by atoms with E-state index in [0.717, 1.165) is 47.6 Å². The number of hydrogen-bond acceptors (Lipinski definition) is 4. The molecule has 2 unspecified atom stereocenters. The molecule has 2 aromatic carbocycles. The average Bonchev–Trinajstić information content (AvgIpc) is 3.49. The number of benzene rings is 2. The monoisotopic (exact) mass is 462 g/mol. The molecule has 6 heteroatoms. The van der Waals surface area contributed by atoms with Crippen LogP contribution in [0.5, 0.6) is 0 Å². The number of carbonyl (C=O) groups excluding carboxylic acids is 1. The predicted octanol–water partition coefficient (Wildman–Crippen LogP) is 5.13. The Labute approximate surface area is 203 Å². The summed E-state index contributed by atoms with van der Waals surface area (Å²) in [4.78, 5) is 23.5. The molecule has 0 aliphatic carbocycles. The normalized spacial score (nSPS) is 16.1. The zero-order valence-electron chi connectivity index (χ0n) is 21.3. The molecule has 1 fully saturated rings. The number of aromatic nitrogens is 2. The van der Waals surface area contributed by atoms with Gasteiger partial charge in [-0.3, -0.25) is 9.69 Å². The van der Waals surface area contributed by atoms with Gasteiger partial charge in [0.05, 0.1) is 35.4 Å². The highest BCUT2D eigenvalue weighted by atomic mass is 16.5. The minimum atomic E-state index is -0.0851. The van der Waals surface area contributed by atoms with E-state index in [1.807, 2.05) is 23.1 Å². The quantitative estimate of drug-likeness (QED) is 0.442. The number of aryl methyl sites for hydroxylation is 2. The van der Waals surface area contributed by atoms with Crippen molar-refractivity contribution >= 4 is 22.6 Å². The van der Waals surface area contributed by atoms with Gasteiger partial charge in [0.2, 0.25) is 5.91 Å². The molecular weight excluding hydrogens is 424 g/mol. The van der Waals surface area contributed by atoms with Crippen LogP contribution in [0.2, 0.25) is 0 Å². The number of ether oxygens (including phenoxy) is 1. The topological polar surface area (TPSA) is 50.6 Å². The van der Waals surface area contributed by atoms with Crippen LogP contribution in [0.4, 0.5) is 5.69 Å². The molecule has 4 rings (SSSR count). The lowest BCUT2D eigenvalue weighted by molar-refractivity contribution is -0.119. The Morgan fingerprint density at radius 3 is 2.56 bits per heavy atom. The van der Waals surface area contributed by atoms with Crippen LogP contribution in [-0.2, 0) is 22.5 Å². The number of fused-ring (bicyclic) bond motifs is 1. The van der Waals surface area contributed by atoms with Gasteiger partial charge in [0.15, 0.2) is 0 Å². The SMILES string of the molecule is CCc1cccc(C)c1N(C(=O)Cn1c(C(C)N2CCCC2)nc2ccccc21)C(C)COC. The van der Waals surface area contributed by atoms with E-state index in [1.54, 1.807) is 7.11 Å². The van der Waals surface area contributed by atoms with Gasteiger partial charge < -0.3 is 14.2 Å². The van der Waals surface area contributed by atoms with Gasteiger partial charge in [0, 0.05) is 7.11 Å². The smallest absolute Gasteiger partial charge is 0.247 e. The van der Waals surface area contributed by atoms with E-state index in [1.165, 1.54) is 18.4 Å². The minimum Gasteiger partial charge on any atom is -0.383 e. The number of methoxy groups -OCH3 is 1. The molecule has 3 aromatic rings. The lowest BCUT2D eigenvalue weighted by Crippen LogP contribution is -2.44. The molecule has 0 spiro atoms. The summed E-state index contributed by atoms with van der Waals surface area (Å²) in [6, 6.07) is 14.5. The Morgan fingerprint density at radius 1 is 1.12 bits per heavy atom. The van der Waals surface area contributed by atoms with Crippen molar-refractivity contribution in [3.63, 3.8) is 0 Å². The zero-order valence-corrected chi connectivity index (χ0v) is 21.3. The lowest BCUT2D eigenvalue weighted by Gasteiger charge is -2.33. The van der Waals surface area contributed by atoms with Crippen LogP contribution < -0.4 is 4.90 Å². The number of imidazole rings is 1. The maximum Gasteiger partial charge on any atom is 0.247 e. The molecule has 1 aromatic heterocycles. The molecule has 6 nitrogen and oxygen atoms in total. The van der Waals surface area contributed by atoms with E-state index >= 15 is 0 Å². The van der Waals surface area contributed by atoms with Crippen molar-refractivity contribution in [2.75, 3.05) is 31.7 Å². The first-order chi connectivity index (χ1) is 16.5. The second kappa shape index (κ2) is 10.7. The summed E-state index contributed by atoms with van der Waals surface area (Å²) in [5.41, 5.74) is 5.25. The van der Waals surface area contributed by atoms with Crippen LogP contribution in [0, 0.1) is 6.92 Å². The highest BCUT2D eigenvalue weighted by Crippen LogP contribution is 2.31. The fourth-order valence-electron chi connectivity index (χ4n) is 5.34. The molecule has 0 N–H and O–H groups in total. The van der Waals surface area contributed by atoms with E-state index in [2.05, 4.69) is 61.4 Å². The summed E-state index contributed by atoms with van der Waals surface area (Å²) >= 11 is 0. The second-order valence-corrected chi connectivity index (χ2v) is 9.47. The van der Waals surface area contributed by atoms with Gasteiger partial charge in [-0.05, 0) is 76.4 Å². The maximum absolute atomic E-state index is 14.1. The summed E-state index contributed by atoms with van der Waals surface area (Å²) in [5, 5.41) is 0. The fourth-order valence-corrected chi connectivity index (χ4v) is 5.34. The molecule has 1 amide bonds. The van der Waals surface area contributed by atoms with E-state index in [4.69, 9.17) is 9.72 Å². The number of amides is 1. The van der Waals surface area contributed by atoms with Crippen molar-refractivity contribution in [1.82, 2.24) is 14.5 Å². The van der Waals surface area contributed by atoms with Gasteiger partial charge in [-0.1, -0.05) is 37.3 Å². The standard InChI is InChI=1S/C28H38N4O2/c1-6-23-13-11-12-20(2)27(23)32(21(3)19-34-5)26(33)18-31-25-15-8-7-14-24(25)29-28(31)22(4)30-16-9-10-17-30/h7-8,11-15,21-22H,6,9-10,16-19H2,1-5H3. The van der Waals surface area contributed by atoms with Crippen LogP contribution >= 0.6 is 0 Å². The molecule has 1 aliphatic heterocycles. The maximum atomic E-state index is 14.1. The molecule has 34 heavy (non-hydrogen) atoms. The summed E-state index contributed by atoms with van der Waals surface area (Å²) < 4.78 is 7.62. The molecule has 182 valence electrons. The fraction of sp³-hybridized carbons (Fsp3) is 0.500. The number of rotatable bonds is 9. The number of para-hydroxylation sites is 3. The molecule has 2 heterocycles. The van der Waals surface area contributed by atoms with Crippen molar-refractivity contribution in [2.24, 2.45) is 0 Å². The van der Waals surface area contributed by atoms with Crippen molar-refractivity contribution in [3.05, 3.63) is 59.4 Å². The van der Waals surface area contributed by atoms with Crippen LogP contribution in [0.1, 0.15) is 56.6 Å². The van der Waals surface area contributed by atoms with E-state index < -0.39 is 0 Å². The van der Waals surface area contributed by atoms with Crippen molar-refractivity contribution in [3.8, 4) is 0 Å². The predicted molar refractivity (Wildman–Crippen MR) is 138 cm³/mol. The Bertz CT molecular complexity index is 1130. The van der Waals surface area contributed by atoms with Gasteiger partial charge in [-0.2, -0.15) is 0 Å². The highest BCUT2D eigenvalue weighted by Gasteiger charge is 2.29.